The largest absolute Gasteiger partial charge is 0.417 e. The van der Waals surface area contributed by atoms with Gasteiger partial charge in [0.1, 0.15) is 5.82 Å². The Bertz CT molecular complexity index is 424. The van der Waals surface area contributed by atoms with Crippen LogP contribution in [0.1, 0.15) is 18.4 Å². The van der Waals surface area contributed by atoms with Crippen molar-refractivity contribution < 1.29 is 17.6 Å². The molecule has 1 heterocycles. The fourth-order valence-electron chi connectivity index (χ4n) is 1.97. The quantitative estimate of drug-likeness (QED) is 0.540. The van der Waals surface area contributed by atoms with Crippen LogP contribution < -0.4 is 4.90 Å². The minimum absolute atomic E-state index is 0.0819. The Hall–Kier alpha value is -0.530. The van der Waals surface area contributed by atoms with Gasteiger partial charge >= 0.3 is 6.18 Å². The van der Waals surface area contributed by atoms with Crippen LogP contribution in [-0.2, 0) is 6.18 Å². The molecule has 0 N–H and O–H groups in total. The van der Waals surface area contributed by atoms with E-state index >= 15 is 0 Å². The highest BCUT2D eigenvalue weighted by molar-refractivity contribution is 14.1. The van der Waals surface area contributed by atoms with Gasteiger partial charge in [-0.25, -0.2) is 4.39 Å². The van der Waals surface area contributed by atoms with Crippen molar-refractivity contribution in [2.45, 2.75) is 19.0 Å². The summed E-state index contributed by atoms with van der Waals surface area (Å²) in [5, 5.41) is 0. The van der Waals surface area contributed by atoms with Gasteiger partial charge in [0.2, 0.25) is 0 Å². The number of hydrogen-bond acceptors (Lipinski definition) is 1. The maximum absolute atomic E-state index is 13.3. The summed E-state index contributed by atoms with van der Waals surface area (Å²) < 4.78 is 51.5. The molecule has 0 bridgehead atoms. The molecule has 0 aliphatic carbocycles. The lowest BCUT2D eigenvalue weighted by molar-refractivity contribution is -0.138. The summed E-state index contributed by atoms with van der Waals surface area (Å²) in [6, 6.07) is 1.74. The first-order valence-corrected chi connectivity index (χ1v) is 6.28. The van der Waals surface area contributed by atoms with E-state index in [4.69, 9.17) is 0 Å². The number of halogens is 5. The van der Waals surface area contributed by atoms with E-state index < -0.39 is 17.6 Å². The van der Waals surface area contributed by atoms with Crippen LogP contribution in [0.2, 0.25) is 0 Å². The topological polar surface area (TPSA) is 3.24 Å². The number of rotatable bonds is 1. The molecule has 6 heteroatoms. The van der Waals surface area contributed by atoms with Crippen molar-refractivity contribution in [3.8, 4) is 0 Å². The van der Waals surface area contributed by atoms with Gasteiger partial charge in [-0.2, -0.15) is 13.2 Å². The van der Waals surface area contributed by atoms with E-state index in [-0.39, 0.29) is 3.57 Å². The first-order valence-electron chi connectivity index (χ1n) is 5.21. The van der Waals surface area contributed by atoms with E-state index in [9.17, 15) is 17.6 Å². The number of benzene rings is 1. The van der Waals surface area contributed by atoms with E-state index in [1.165, 1.54) is 6.07 Å². The van der Waals surface area contributed by atoms with Crippen LogP contribution in [0.4, 0.5) is 23.2 Å². The van der Waals surface area contributed by atoms with Crippen LogP contribution in [0.5, 0.6) is 0 Å². The van der Waals surface area contributed by atoms with Gasteiger partial charge < -0.3 is 4.90 Å². The third-order valence-corrected chi connectivity index (χ3v) is 3.90. The van der Waals surface area contributed by atoms with Crippen LogP contribution in [0.3, 0.4) is 0 Å². The van der Waals surface area contributed by atoms with E-state index in [1.807, 2.05) is 0 Å². The van der Waals surface area contributed by atoms with Gasteiger partial charge in [-0.15, -0.1) is 0 Å². The average molecular weight is 359 g/mol. The SMILES string of the molecule is Fc1cc(N2CCCC2)c(I)c(C(F)(F)F)c1. The molecule has 0 unspecified atom stereocenters. The third kappa shape index (κ3) is 2.66. The van der Waals surface area contributed by atoms with Crippen LogP contribution in [0.25, 0.3) is 0 Å². The molecule has 1 aromatic rings. The molecule has 0 spiro atoms. The normalized spacial score (nSPS) is 16.6. The zero-order chi connectivity index (χ0) is 12.6. The molecule has 0 amide bonds. The van der Waals surface area contributed by atoms with Crippen molar-refractivity contribution in [3.63, 3.8) is 0 Å². The highest BCUT2D eigenvalue weighted by Crippen LogP contribution is 2.38. The Kier molecular flexibility index (Phi) is 3.51. The Morgan fingerprint density at radius 3 is 2.24 bits per heavy atom. The molecule has 0 aromatic heterocycles. The number of alkyl halides is 3. The lowest BCUT2D eigenvalue weighted by Crippen LogP contribution is -2.21. The van der Waals surface area contributed by atoms with E-state index in [1.54, 1.807) is 27.5 Å². The smallest absolute Gasteiger partial charge is 0.371 e. The average Bonchev–Trinajstić information content (AvgIpc) is 2.72. The molecule has 17 heavy (non-hydrogen) atoms. The van der Waals surface area contributed by atoms with Crippen molar-refractivity contribution in [2.24, 2.45) is 0 Å². The van der Waals surface area contributed by atoms with E-state index in [2.05, 4.69) is 0 Å². The van der Waals surface area contributed by atoms with Gasteiger partial charge in [0.15, 0.2) is 0 Å². The summed E-state index contributed by atoms with van der Waals surface area (Å²) >= 11 is 1.64. The Morgan fingerprint density at radius 1 is 1.12 bits per heavy atom. The highest BCUT2D eigenvalue weighted by Gasteiger charge is 2.35. The van der Waals surface area contributed by atoms with Crippen LogP contribution in [0, 0.1) is 9.39 Å². The minimum atomic E-state index is -4.51. The molecule has 1 fully saturated rings. The fourth-order valence-corrected chi connectivity index (χ4v) is 2.93. The molecule has 1 aliphatic rings. The molecule has 94 valence electrons. The molecule has 0 saturated carbocycles. The predicted octanol–water partition coefficient (Wildman–Crippen LogP) is 4.05. The Morgan fingerprint density at radius 2 is 1.71 bits per heavy atom. The first kappa shape index (κ1) is 12.9. The maximum Gasteiger partial charge on any atom is 0.417 e. The van der Waals surface area contributed by atoms with Crippen LogP contribution >= 0.6 is 22.6 Å². The Balaban J connectivity index is 2.49. The van der Waals surface area contributed by atoms with Crippen LogP contribution in [-0.4, -0.2) is 13.1 Å². The van der Waals surface area contributed by atoms with E-state index in [0.29, 0.717) is 24.8 Å². The third-order valence-electron chi connectivity index (χ3n) is 2.77. The second-order valence-electron chi connectivity index (χ2n) is 3.98. The first-order chi connectivity index (χ1) is 7.89. The lowest BCUT2D eigenvalue weighted by Gasteiger charge is -2.22. The standard InChI is InChI=1S/C11H10F4IN/c12-7-5-8(11(13,14)15)10(16)9(6-7)17-3-1-2-4-17/h5-6H,1-4H2. The van der Waals surface area contributed by atoms with Crippen molar-refractivity contribution in [1.29, 1.82) is 0 Å². The monoisotopic (exact) mass is 359 g/mol. The molecule has 1 aromatic carbocycles. The van der Waals surface area contributed by atoms with Gasteiger partial charge in [0, 0.05) is 16.7 Å². The molecule has 1 saturated heterocycles. The molecule has 2 rings (SSSR count). The molecule has 0 radical (unpaired) electrons. The van der Waals surface area contributed by atoms with Crippen molar-refractivity contribution in [3.05, 3.63) is 27.1 Å². The highest BCUT2D eigenvalue weighted by atomic mass is 127. The Labute approximate surface area is 110 Å². The second-order valence-corrected chi connectivity index (χ2v) is 5.06. The summed E-state index contributed by atoms with van der Waals surface area (Å²) in [5.74, 6) is -0.834. The number of nitrogens with zero attached hydrogens (tertiary/aromatic N) is 1. The van der Waals surface area contributed by atoms with Gasteiger partial charge in [-0.3, -0.25) is 0 Å². The molecule has 0 atom stereocenters. The molecular formula is C11H10F4IN. The van der Waals surface area contributed by atoms with Gasteiger partial charge in [-0.1, -0.05) is 0 Å². The molecule has 1 nitrogen and oxygen atoms in total. The van der Waals surface area contributed by atoms with Gasteiger partial charge in [0.25, 0.3) is 0 Å². The zero-order valence-corrected chi connectivity index (χ0v) is 11.0. The number of hydrogen-bond donors (Lipinski definition) is 0. The summed E-state index contributed by atoms with van der Waals surface area (Å²) in [7, 11) is 0. The number of anilines is 1. The minimum Gasteiger partial charge on any atom is -0.371 e. The van der Waals surface area contributed by atoms with E-state index in [0.717, 1.165) is 12.8 Å². The summed E-state index contributed by atoms with van der Waals surface area (Å²) in [4.78, 5) is 1.81. The summed E-state index contributed by atoms with van der Waals surface area (Å²) in [6.45, 7) is 1.38. The summed E-state index contributed by atoms with van der Waals surface area (Å²) in [5.41, 5.74) is -0.532. The molecule has 1 aliphatic heterocycles. The maximum atomic E-state index is 13.3. The fraction of sp³-hybridized carbons (Fsp3) is 0.455. The van der Waals surface area contributed by atoms with Crippen molar-refractivity contribution in [1.82, 2.24) is 0 Å². The van der Waals surface area contributed by atoms with Crippen molar-refractivity contribution >= 4 is 28.3 Å². The second kappa shape index (κ2) is 4.62. The lowest BCUT2D eigenvalue weighted by atomic mass is 10.1. The van der Waals surface area contributed by atoms with Gasteiger partial charge in [-0.05, 0) is 47.6 Å². The van der Waals surface area contributed by atoms with Crippen molar-refractivity contribution in [2.75, 3.05) is 18.0 Å². The van der Waals surface area contributed by atoms with Gasteiger partial charge in [0.05, 0.1) is 11.3 Å². The van der Waals surface area contributed by atoms with Crippen LogP contribution in [0.15, 0.2) is 12.1 Å². The predicted molar refractivity (Wildman–Crippen MR) is 65.6 cm³/mol. The zero-order valence-electron chi connectivity index (χ0n) is 8.82. The summed E-state index contributed by atoms with van der Waals surface area (Å²) in [6.07, 6.45) is -2.63. The molecular weight excluding hydrogens is 349 g/mol.